The first-order chi connectivity index (χ1) is 15.2. The molecule has 0 spiro atoms. The maximum atomic E-state index is 13.3. The average molecular weight is 456 g/mol. The first kappa shape index (κ1) is 25.7. The van der Waals surface area contributed by atoms with Gasteiger partial charge in [0.15, 0.2) is 0 Å². The van der Waals surface area contributed by atoms with Gasteiger partial charge in [0, 0.05) is 5.69 Å². The summed E-state index contributed by atoms with van der Waals surface area (Å²) < 4.78 is 29.2. The molecule has 0 heterocycles. The number of rotatable bonds is 12. The van der Waals surface area contributed by atoms with Crippen LogP contribution < -0.4 is 4.72 Å². The number of aryl methyl sites for hydroxylation is 1. The predicted molar refractivity (Wildman–Crippen MR) is 135 cm³/mol. The monoisotopic (exact) mass is 455 g/mol. The summed E-state index contributed by atoms with van der Waals surface area (Å²) in [4.78, 5) is 0.00514. The Morgan fingerprint density at radius 1 is 0.969 bits per heavy atom. The Balaban J connectivity index is 2.35. The molecular weight excluding hydrogens is 418 g/mol. The van der Waals surface area contributed by atoms with Crippen LogP contribution in [0.2, 0.25) is 0 Å². The van der Waals surface area contributed by atoms with Crippen LogP contribution in [-0.2, 0) is 22.9 Å². The van der Waals surface area contributed by atoms with Gasteiger partial charge in [-0.2, -0.15) is 0 Å². The molecule has 0 fully saturated rings. The van der Waals surface area contributed by atoms with Crippen LogP contribution in [0.1, 0.15) is 70.9 Å². The molecule has 2 N–H and O–H groups in total. The molecule has 0 bridgehead atoms. The van der Waals surface area contributed by atoms with E-state index in [1.807, 2.05) is 18.2 Å². The van der Waals surface area contributed by atoms with Crippen molar-refractivity contribution in [3.8, 4) is 5.75 Å². The molecule has 0 atom stereocenters. The zero-order chi connectivity index (χ0) is 23.6. The molecule has 0 amide bonds. The molecule has 0 aliphatic rings. The summed E-state index contributed by atoms with van der Waals surface area (Å²) in [6.07, 6.45) is 10.3. The van der Waals surface area contributed by atoms with Crippen molar-refractivity contribution >= 4 is 15.7 Å². The molecular formula is C27H37NO3S. The van der Waals surface area contributed by atoms with Gasteiger partial charge in [-0.25, -0.2) is 8.42 Å². The normalized spacial score (nSPS) is 11.9. The summed E-state index contributed by atoms with van der Waals surface area (Å²) in [6, 6.07) is 12.5. The number of aromatic hydroxyl groups is 1. The zero-order valence-electron chi connectivity index (χ0n) is 19.8. The third kappa shape index (κ3) is 7.86. The Morgan fingerprint density at radius 2 is 1.66 bits per heavy atom. The molecule has 32 heavy (non-hydrogen) atoms. The highest BCUT2D eigenvalue weighted by atomic mass is 32.2. The van der Waals surface area contributed by atoms with E-state index in [0.29, 0.717) is 29.7 Å². The minimum absolute atomic E-state index is 0.00514. The van der Waals surface area contributed by atoms with Gasteiger partial charge in [-0.1, -0.05) is 73.4 Å². The number of nitrogens with one attached hydrogen (secondary N) is 1. The predicted octanol–water partition coefficient (Wildman–Crippen LogP) is 7.16. The van der Waals surface area contributed by atoms with Crippen molar-refractivity contribution in [3.63, 3.8) is 0 Å². The number of anilines is 1. The van der Waals surface area contributed by atoms with Gasteiger partial charge in [-0.3, -0.25) is 4.72 Å². The van der Waals surface area contributed by atoms with Crippen molar-refractivity contribution in [1.29, 1.82) is 0 Å². The number of phenolic OH excluding ortho intramolecular Hbond substituents is 1. The van der Waals surface area contributed by atoms with E-state index in [4.69, 9.17) is 0 Å². The molecule has 0 aliphatic carbocycles. The second kappa shape index (κ2) is 12.5. The van der Waals surface area contributed by atoms with Gasteiger partial charge in [0.25, 0.3) is 10.0 Å². The largest absolute Gasteiger partial charge is 0.506 e. The Kier molecular flexibility index (Phi) is 10.0. The molecule has 0 radical (unpaired) electrons. The number of phenols is 1. The van der Waals surface area contributed by atoms with Crippen LogP contribution in [0.25, 0.3) is 0 Å². The lowest BCUT2D eigenvalue weighted by molar-refractivity contribution is 0.451. The number of hydrogen-bond donors (Lipinski definition) is 2. The minimum atomic E-state index is -3.93. The van der Waals surface area contributed by atoms with Crippen LogP contribution in [0, 0.1) is 0 Å². The Labute approximate surface area is 194 Å². The molecule has 174 valence electrons. The average Bonchev–Trinajstić information content (AvgIpc) is 2.73. The highest BCUT2D eigenvalue weighted by molar-refractivity contribution is 7.92. The van der Waals surface area contributed by atoms with E-state index in [1.165, 1.54) is 11.1 Å². The molecule has 2 aromatic carbocycles. The summed E-state index contributed by atoms with van der Waals surface area (Å²) in [5, 5.41) is 11.0. The van der Waals surface area contributed by atoms with Gasteiger partial charge < -0.3 is 5.11 Å². The van der Waals surface area contributed by atoms with Gasteiger partial charge in [0.2, 0.25) is 0 Å². The topological polar surface area (TPSA) is 66.4 Å². The molecule has 0 saturated heterocycles. The van der Waals surface area contributed by atoms with Crippen molar-refractivity contribution in [2.24, 2.45) is 0 Å². The van der Waals surface area contributed by atoms with E-state index in [9.17, 15) is 13.5 Å². The highest BCUT2D eigenvalue weighted by Crippen LogP contribution is 2.33. The van der Waals surface area contributed by atoms with Crippen molar-refractivity contribution in [2.45, 2.75) is 77.5 Å². The number of hydrogen-bond acceptors (Lipinski definition) is 3. The summed E-state index contributed by atoms with van der Waals surface area (Å²) in [5.74, 6) is -0.143. The fraction of sp³-hybridized carbons (Fsp3) is 0.407. The Hall–Kier alpha value is -2.53. The van der Waals surface area contributed by atoms with Crippen LogP contribution >= 0.6 is 0 Å². The first-order valence-corrected chi connectivity index (χ1v) is 12.9. The summed E-state index contributed by atoms with van der Waals surface area (Å²) in [7, 11) is -3.93. The lowest BCUT2D eigenvalue weighted by Gasteiger charge is -2.16. The molecule has 0 unspecified atom stereocenters. The lowest BCUT2D eigenvalue weighted by atomic mass is 10.0. The van der Waals surface area contributed by atoms with Gasteiger partial charge in [-0.15, -0.1) is 0 Å². The first-order valence-electron chi connectivity index (χ1n) is 11.4. The van der Waals surface area contributed by atoms with Crippen LogP contribution in [-0.4, -0.2) is 13.5 Å². The van der Waals surface area contributed by atoms with Gasteiger partial charge in [-0.05, 0) is 76.1 Å². The molecule has 0 saturated carbocycles. The number of para-hydroxylation sites is 1. The van der Waals surface area contributed by atoms with Crippen LogP contribution in [0.4, 0.5) is 5.69 Å². The van der Waals surface area contributed by atoms with Gasteiger partial charge in [0.05, 0.1) is 0 Å². The van der Waals surface area contributed by atoms with Crippen molar-refractivity contribution in [2.75, 3.05) is 4.72 Å². The van der Waals surface area contributed by atoms with Crippen LogP contribution in [0.15, 0.2) is 70.7 Å². The van der Waals surface area contributed by atoms with E-state index in [2.05, 4.69) is 44.6 Å². The highest BCUT2D eigenvalue weighted by Gasteiger charge is 2.25. The van der Waals surface area contributed by atoms with Crippen LogP contribution in [0.3, 0.4) is 0 Å². The number of allylic oxidation sites excluding steroid dienone is 4. The lowest BCUT2D eigenvalue weighted by Crippen LogP contribution is -2.16. The second-order valence-corrected chi connectivity index (χ2v) is 10.2. The van der Waals surface area contributed by atoms with E-state index >= 15 is 0 Å². The number of sulfonamides is 1. The summed E-state index contributed by atoms with van der Waals surface area (Å²) in [6.45, 7) is 8.36. The standard InChI is InChI=1S/C27H37NO3S/c1-5-6-8-14-24-20-19-23(18-17-22(4)13-11-12-21(2)3)26(29)27(24)32(30,31)28-25-15-9-7-10-16-25/h7,9-10,12,15-17,19-20,28-29H,5-6,8,11,13-14,18H2,1-4H3/b22-17+. The summed E-state index contributed by atoms with van der Waals surface area (Å²) in [5.41, 5.74) is 4.29. The number of benzene rings is 2. The maximum Gasteiger partial charge on any atom is 0.265 e. The van der Waals surface area contributed by atoms with Crippen molar-refractivity contribution in [3.05, 3.63) is 76.9 Å². The molecule has 0 aliphatic heterocycles. The van der Waals surface area contributed by atoms with Crippen molar-refractivity contribution < 1.29 is 13.5 Å². The number of unbranched alkanes of at least 4 members (excludes halogenated alkanes) is 2. The molecule has 0 aromatic heterocycles. The van der Waals surface area contributed by atoms with E-state index in [-0.39, 0.29) is 10.6 Å². The van der Waals surface area contributed by atoms with E-state index in [0.717, 1.165) is 32.1 Å². The van der Waals surface area contributed by atoms with E-state index < -0.39 is 10.0 Å². The molecule has 4 nitrogen and oxygen atoms in total. The minimum Gasteiger partial charge on any atom is -0.506 e. The van der Waals surface area contributed by atoms with E-state index in [1.54, 1.807) is 24.3 Å². The Bertz CT molecular complexity index is 1030. The maximum absolute atomic E-state index is 13.3. The second-order valence-electron chi connectivity index (χ2n) is 8.56. The molecule has 2 rings (SSSR count). The smallest absolute Gasteiger partial charge is 0.265 e. The van der Waals surface area contributed by atoms with Crippen molar-refractivity contribution in [1.82, 2.24) is 0 Å². The third-order valence-corrected chi connectivity index (χ3v) is 6.90. The molecule has 5 heteroatoms. The fourth-order valence-electron chi connectivity index (χ4n) is 3.57. The van der Waals surface area contributed by atoms with Gasteiger partial charge >= 0.3 is 0 Å². The van der Waals surface area contributed by atoms with Gasteiger partial charge in [0.1, 0.15) is 10.6 Å². The molecule has 2 aromatic rings. The Morgan fingerprint density at radius 3 is 2.31 bits per heavy atom. The zero-order valence-corrected chi connectivity index (χ0v) is 20.6. The summed E-state index contributed by atoms with van der Waals surface area (Å²) >= 11 is 0. The quantitative estimate of drug-likeness (QED) is 0.263. The third-order valence-electron chi connectivity index (χ3n) is 5.40. The fourth-order valence-corrected chi connectivity index (χ4v) is 5.02. The van der Waals surface area contributed by atoms with Crippen LogP contribution in [0.5, 0.6) is 5.75 Å². The SMILES string of the molecule is CCCCCc1ccc(C/C=C(\C)CCC=C(C)C)c(O)c1S(=O)(=O)Nc1ccccc1.